The van der Waals surface area contributed by atoms with Crippen LogP contribution in [0.2, 0.25) is 5.02 Å². The van der Waals surface area contributed by atoms with E-state index in [0.29, 0.717) is 40.1 Å². The first-order chi connectivity index (χ1) is 19.5. The average Bonchev–Trinajstić information content (AvgIpc) is 2.97. The highest BCUT2D eigenvalue weighted by Gasteiger charge is 2.43. The molecule has 0 spiro atoms. The summed E-state index contributed by atoms with van der Waals surface area (Å²) < 4.78 is 11.8. The van der Waals surface area contributed by atoms with Gasteiger partial charge in [0.1, 0.15) is 12.2 Å². The molecule has 4 aromatic carbocycles. The Morgan fingerprint density at radius 3 is 1.85 bits per heavy atom. The Kier molecular flexibility index (Phi) is 7.94. The number of anilines is 2. The number of imide groups is 2. The minimum Gasteiger partial charge on any atom is -0.490 e. The highest BCUT2D eigenvalue weighted by molar-refractivity contribution is 6.46. The number of halogens is 1. The van der Waals surface area contributed by atoms with Gasteiger partial charge in [-0.2, -0.15) is 0 Å². The number of para-hydroxylation sites is 2. The van der Waals surface area contributed by atoms with Crippen LogP contribution >= 0.6 is 11.6 Å². The fourth-order valence-electron chi connectivity index (χ4n) is 4.28. The summed E-state index contributed by atoms with van der Waals surface area (Å²) in [5, 5.41) is 0.594. The van der Waals surface area contributed by atoms with Crippen LogP contribution in [0, 0.1) is 0 Å². The smallest absolute Gasteiger partial charge is 0.343 e. The van der Waals surface area contributed by atoms with E-state index in [9.17, 15) is 14.4 Å². The number of rotatable bonds is 8. The molecule has 200 valence electrons. The van der Waals surface area contributed by atoms with Crippen molar-refractivity contribution in [1.82, 2.24) is 0 Å². The minimum atomic E-state index is -0.747. The molecule has 4 aromatic rings. The predicted octanol–water partition coefficient (Wildman–Crippen LogP) is 6.90. The van der Waals surface area contributed by atoms with Crippen molar-refractivity contribution in [3.8, 4) is 11.5 Å². The van der Waals surface area contributed by atoms with Crippen molar-refractivity contribution in [3.05, 3.63) is 125 Å². The van der Waals surface area contributed by atoms with Crippen LogP contribution in [-0.2, 0) is 16.2 Å². The van der Waals surface area contributed by atoms with Crippen molar-refractivity contribution in [2.24, 2.45) is 0 Å². The van der Waals surface area contributed by atoms with Crippen LogP contribution in [0.4, 0.5) is 16.2 Å². The minimum absolute atomic E-state index is 0.167. The number of amides is 4. The van der Waals surface area contributed by atoms with Gasteiger partial charge < -0.3 is 9.47 Å². The molecule has 0 saturated carbocycles. The quantitative estimate of drug-likeness (QED) is 0.175. The lowest BCUT2D eigenvalue weighted by atomic mass is 10.0. The number of urea groups is 1. The van der Waals surface area contributed by atoms with E-state index >= 15 is 0 Å². The summed E-state index contributed by atoms with van der Waals surface area (Å²) in [6.07, 6.45) is 1.46. The Balaban J connectivity index is 1.52. The molecule has 0 unspecified atom stereocenters. The Hall–Kier alpha value is -4.88. The molecule has 40 heavy (non-hydrogen) atoms. The number of hydrogen-bond acceptors (Lipinski definition) is 5. The number of barbiturate groups is 1. The first-order valence-electron chi connectivity index (χ1n) is 12.7. The summed E-state index contributed by atoms with van der Waals surface area (Å²) in [6, 6.07) is 28.8. The van der Waals surface area contributed by atoms with E-state index in [1.807, 2.05) is 25.1 Å². The molecule has 1 aliphatic rings. The number of carbonyl (C=O) groups excluding carboxylic acids is 3. The third-order valence-corrected chi connectivity index (χ3v) is 6.57. The largest absolute Gasteiger partial charge is 0.490 e. The zero-order chi connectivity index (χ0) is 28.1. The highest BCUT2D eigenvalue weighted by Crippen LogP contribution is 2.33. The number of carbonyl (C=O) groups is 3. The molecule has 0 atom stereocenters. The zero-order valence-electron chi connectivity index (χ0n) is 21.6. The molecular weight excluding hydrogens is 528 g/mol. The van der Waals surface area contributed by atoms with Gasteiger partial charge in [-0.1, -0.05) is 72.3 Å². The molecule has 0 bridgehead atoms. The second-order valence-electron chi connectivity index (χ2n) is 8.81. The van der Waals surface area contributed by atoms with Crippen molar-refractivity contribution >= 4 is 46.9 Å². The van der Waals surface area contributed by atoms with Crippen molar-refractivity contribution in [3.63, 3.8) is 0 Å². The lowest BCUT2D eigenvalue weighted by Crippen LogP contribution is -2.57. The molecule has 7 nitrogen and oxygen atoms in total. The van der Waals surface area contributed by atoms with Crippen LogP contribution < -0.4 is 19.3 Å². The third-order valence-electron chi connectivity index (χ3n) is 6.20. The first kappa shape index (κ1) is 26.7. The molecule has 0 radical (unpaired) electrons. The van der Waals surface area contributed by atoms with Crippen molar-refractivity contribution in [2.75, 3.05) is 16.4 Å². The zero-order valence-corrected chi connectivity index (χ0v) is 22.4. The summed E-state index contributed by atoms with van der Waals surface area (Å²) in [6.45, 7) is 2.45. The summed E-state index contributed by atoms with van der Waals surface area (Å²) in [7, 11) is 0. The second kappa shape index (κ2) is 11.9. The van der Waals surface area contributed by atoms with Crippen LogP contribution in [0.1, 0.15) is 18.1 Å². The maximum Gasteiger partial charge on any atom is 0.343 e. The fourth-order valence-corrected chi connectivity index (χ4v) is 4.47. The van der Waals surface area contributed by atoms with Gasteiger partial charge in [-0.3, -0.25) is 9.59 Å². The topological polar surface area (TPSA) is 76.2 Å². The van der Waals surface area contributed by atoms with Gasteiger partial charge >= 0.3 is 6.03 Å². The highest BCUT2D eigenvalue weighted by atomic mass is 35.5. The number of benzene rings is 4. The summed E-state index contributed by atoms with van der Waals surface area (Å²) in [5.74, 6) is -0.511. The standard InChI is InChI=1S/C32H25ClN2O5/c1-2-39-29-20-22(17-18-28(29)40-21-23-11-9-10-16-27(23)33)19-26-30(36)34(24-12-5-3-6-13-24)32(38)35(31(26)37)25-14-7-4-8-15-25/h3-20H,2,21H2,1H3. The molecule has 5 rings (SSSR count). The van der Waals surface area contributed by atoms with Crippen LogP contribution in [-0.4, -0.2) is 24.5 Å². The molecule has 0 N–H and O–H groups in total. The Bertz CT molecular complexity index is 1520. The van der Waals surface area contributed by atoms with Gasteiger partial charge in [0.25, 0.3) is 11.8 Å². The summed E-state index contributed by atoms with van der Waals surface area (Å²) in [4.78, 5) is 42.7. The molecule has 0 aromatic heterocycles. The molecule has 0 aliphatic carbocycles. The van der Waals surface area contributed by atoms with Gasteiger partial charge in [0.05, 0.1) is 18.0 Å². The van der Waals surface area contributed by atoms with Gasteiger partial charge in [-0.15, -0.1) is 0 Å². The SMILES string of the molecule is CCOc1cc(C=C2C(=O)N(c3ccccc3)C(=O)N(c3ccccc3)C2=O)ccc1OCc1ccccc1Cl. The maximum atomic E-state index is 13.6. The summed E-state index contributed by atoms with van der Waals surface area (Å²) >= 11 is 6.26. The van der Waals surface area contributed by atoms with E-state index < -0.39 is 17.8 Å². The number of nitrogens with zero attached hydrogens (tertiary/aromatic N) is 2. The van der Waals surface area contributed by atoms with Crippen LogP contribution in [0.3, 0.4) is 0 Å². The molecule has 1 saturated heterocycles. The van der Waals surface area contributed by atoms with Crippen molar-refractivity contribution in [1.29, 1.82) is 0 Å². The maximum absolute atomic E-state index is 13.6. The van der Waals surface area contributed by atoms with Gasteiger partial charge in [0.15, 0.2) is 11.5 Å². The van der Waals surface area contributed by atoms with E-state index in [-0.39, 0.29) is 12.2 Å². The molecule has 1 aliphatic heterocycles. The third kappa shape index (κ3) is 5.46. The Morgan fingerprint density at radius 1 is 0.700 bits per heavy atom. The monoisotopic (exact) mass is 552 g/mol. The molecular formula is C32H25ClN2O5. The van der Waals surface area contributed by atoms with E-state index in [4.69, 9.17) is 21.1 Å². The molecule has 1 heterocycles. The predicted molar refractivity (Wildman–Crippen MR) is 155 cm³/mol. The van der Waals surface area contributed by atoms with Gasteiger partial charge in [0.2, 0.25) is 0 Å². The lowest BCUT2D eigenvalue weighted by Gasteiger charge is -2.33. The fraction of sp³-hybridized carbons (Fsp3) is 0.0938. The van der Waals surface area contributed by atoms with Crippen LogP contribution in [0.5, 0.6) is 11.5 Å². The van der Waals surface area contributed by atoms with Crippen molar-refractivity contribution < 1.29 is 23.9 Å². The van der Waals surface area contributed by atoms with Gasteiger partial charge in [0, 0.05) is 10.6 Å². The second-order valence-corrected chi connectivity index (χ2v) is 9.22. The van der Waals surface area contributed by atoms with E-state index in [0.717, 1.165) is 15.4 Å². The van der Waals surface area contributed by atoms with E-state index in [2.05, 4.69) is 0 Å². The number of ether oxygens (including phenoxy) is 2. The summed E-state index contributed by atoms with van der Waals surface area (Å²) in [5.41, 5.74) is 1.90. The lowest BCUT2D eigenvalue weighted by molar-refractivity contribution is -0.121. The number of hydrogen-bond donors (Lipinski definition) is 0. The Morgan fingerprint density at radius 2 is 1.27 bits per heavy atom. The van der Waals surface area contributed by atoms with Crippen LogP contribution in [0.25, 0.3) is 6.08 Å². The van der Waals surface area contributed by atoms with E-state index in [1.165, 1.54) is 6.08 Å². The van der Waals surface area contributed by atoms with Gasteiger partial charge in [-0.05, 0) is 61.0 Å². The van der Waals surface area contributed by atoms with E-state index in [1.54, 1.807) is 84.9 Å². The normalized spacial score (nSPS) is 13.4. The Labute approximate surface area is 236 Å². The molecule has 4 amide bonds. The van der Waals surface area contributed by atoms with Gasteiger partial charge in [-0.25, -0.2) is 14.6 Å². The molecule has 8 heteroatoms. The average molecular weight is 553 g/mol. The van der Waals surface area contributed by atoms with Crippen LogP contribution in [0.15, 0.2) is 109 Å². The molecule has 1 fully saturated rings. The van der Waals surface area contributed by atoms with Crippen molar-refractivity contribution in [2.45, 2.75) is 13.5 Å². The first-order valence-corrected chi connectivity index (χ1v) is 13.0.